The Labute approximate surface area is 145 Å². The van der Waals surface area contributed by atoms with Crippen LogP contribution in [0.25, 0.3) is 11.2 Å². The topological polar surface area (TPSA) is 81.6 Å². The number of fused-ring (bicyclic) bond motifs is 1. The molecular formula is C18H32N6. The highest BCUT2D eigenvalue weighted by Gasteiger charge is 2.12. The minimum Gasteiger partial charge on any atom is -0.382 e. The summed E-state index contributed by atoms with van der Waals surface area (Å²) in [6.07, 6.45) is 8.93. The fourth-order valence-corrected chi connectivity index (χ4v) is 2.70. The molecule has 0 radical (unpaired) electrons. The first-order valence-corrected chi connectivity index (χ1v) is 9.13. The monoisotopic (exact) mass is 332 g/mol. The molecule has 3 N–H and O–H groups in total. The molecule has 0 saturated heterocycles. The molecule has 0 spiro atoms. The van der Waals surface area contributed by atoms with Crippen LogP contribution in [0.1, 0.15) is 66.2 Å². The highest BCUT2D eigenvalue weighted by molar-refractivity contribution is 5.82. The van der Waals surface area contributed by atoms with Crippen LogP contribution in [0.4, 0.5) is 11.8 Å². The van der Waals surface area contributed by atoms with Gasteiger partial charge in [0, 0.05) is 13.1 Å². The molecule has 6 heteroatoms. The van der Waals surface area contributed by atoms with E-state index in [0.717, 1.165) is 38.0 Å². The van der Waals surface area contributed by atoms with Crippen LogP contribution in [0.15, 0.2) is 6.33 Å². The zero-order chi connectivity index (χ0) is 17.6. The maximum atomic E-state index is 6.03. The van der Waals surface area contributed by atoms with Crippen molar-refractivity contribution >= 4 is 22.9 Å². The lowest BCUT2D eigenvalue weighted by Gasteiger charge is -2.17. The summed E-state index contributed by atoms with van der Waals surface area (Å²) in [6.45, 7) is 10.8. The van der Waals surface area contributed by atoms with Crippen molar-refractivity contribution < 1.29 is 0 Å². The van der Waals surface area contributed by atoms with Crippen molar-refractivity contribution in [2.24, 2.45) is 5.41 Å². The number of imidazole rings is 1. The van der Waals surface area contributed by atoms with Gasteiger partial charge in [-0.05, 0) is 24.7 Å². The van der Waals surface area contributed by atoms with Gasteiger partial charge < -0.3 is 15.6 Å². The number of anilines is 2. The van der Waals surface area contributed by atoms with Gasteiger partial charge in [-0.1, -0.05) is 47.0 Å². The molecule has 0 unspecified atom stereocenters. The summed E-state index contributed by atoms with van der Waals surface area (Å²) >= 11 is 0. The van der Waals surface area contributed by atoms with E-state index in [1.54, 1.807) is 0 Å². The average molecular weight is 332 g/mol. The number of nitrogens with one attached hydrogen (secondary N) is 1. The standard InChI is InChI=1S/C18H32N6/c1-5-6-11-20-17-22-15(19)14-16(23-17)24(13-21-14)12-9-7-8-10-18(2,3)4/h13H,5-12H2,1-4H3,(H3,19,20,22,23). The summed E-state index contributed by atoms with van der Waals surface area (Å²) in [7, 11) is 0. The second-order valence-electron chi connectivity index (χ2n) is 7.69. The van der Waals surface area contributed by atoms with Crippen molar-refractivity contribution in [3.05, 3.63) is 6.33 Å². The van der Waals surface area contributed by atoms with E-state index in [9.17, 15) is 0 Å². The summed E-state index contributed by atoms with van der Waals surface area (Å²) in [4.78, 5) is 13.3. The van der Waals surface area contributed by atoms with Crippen LogP contribution in [0.3, 0.4) is 0 Å². The van der Waals surface area contributed by atoms with Gasteiger partial charge in [-0.15, -0.1) is 0 Å². The van der Waals surface area contributed by atoms with E-state index in [-0.39, 0.29) is 0 Å². The van der Waals surface area contributed by atoms with Crippen LogP contribution in [0.2, 0.25) is 0 Å². The van der Waals surface area contributed by atoms with Gasteiger partial charge in [-0.3, -0.25) is 0 Å². The first-order chi connectivity index (χ1) is 11.4. The molecule has 2 heterocycles. The second kappa shape index (κ2) is 8.31. The molecule has 0 fully saturated rings. The number of aryl methyl sites for hydroxylation is 1. The molecule has 0 bridgehead atoms. The molecule has 24 heavy (non-hydrogen) atoms. The third kappa shape index (κ3) is 5.35. The van der Waals surface area contributed by atoms with E-state index in [0.29, 0.717) is 22.7 Å². The van der Waals surface area contributed by atoms with E-state index in [4.69, 9.17) is 5.73 Å². The van der Waals surface area contributed by atoms with Crippen LogP contribution in [-0.4, -0.2) is 26.1 Å². The van der Waals surface area contributed by atoms with Crippen LogP contribution >= 0.6 is 0 Å². The number of nitrogen functional groups attached to an aromatic ring is 1. The number of nitrogens with two attached hydrogens (primary N) is 1. The van der Waals surface area contributed by atoms with Crippen molar-refractivity contribution in [3.63, 3.8) is 0 Å². The Balaban J connectivity index is 1.97. The molecule has 0 aliphatic carbocycles. The number of unbranched alkanes of at least 4 members (excludes halogenated alkanes) is 3. The Morgan fingerprint density at radius 1 is 1.12 bits per heavy atom. The number of aromatic nitrogens is 4. The average Bonchev–Trinajstić information content (AvgIpc) is 2.90. The summed E-state index contributed by atoms with van der Waals surface area (Å²) in [5.74, 6) is 1.05. The van der Waals surface area contributed by atoms with Gasteiger partial charge in [0.25, 0.3) is 0 Å². The van der Waals surface area contributed by atoms with Gasteiger partial charge in [0.05, 0.1) is 6.33 Å². The zero-order valence-electron chi connectivity index (χ0n) is 15.6. The van der Waals surface area contributed by atoms with E-state index in [2.05, 4.69) is 52.5 Å². The summed E-state index contributed by atoms with van der Waals surface area (Å²) in [6, 6.07) is 0. The Hall–Kier alpha value is -1.85. The number of nitrogens with zero attached hydrogens (tertiary/aromatic N) is 4. The molecule has 0 atom stereocenters. The van der Waals surface area contributed by atoms with Gasteiger partial charge >= 0.3 is 0 Å². The highest BCUT2D eigenvalue weighted by Crippen LogP contribution is 2.23. The fraction of sp³-hybridized carbons (Fsp3) is 0.722. The van der Waals surface area contributed by atoms with Gasteiger partial charge in [-0.2, -0.15) is 9.97 Å². The Morgan fingerprint density at radius 3 is 2.62 bits per heavy atom. The van der Waals surface area contributed by atoms with Gasteiger partial charge in [0.1, 0.15) is 5.52 Å². The normalized spacial score (nSPS) is 12.0. The number of hydrogen-bond acceptors (Lipinski definition) is 5. The molecule has 0 saturated carbocycles. The third-order valence-corrected chi connectivity index (χ3v) is 4.13. The Kier molecular flexibility index (Phi) is 6.40. The number of rotatable bonds is 9. The highest BCUT2D eigenvalue weighted by atomic mass is 15.2. The molecule has 2 rings (SSSR count). The molecule has 2 aromatic rings. The lowest BCUT2D eigenvalue weighted by atomic mass is 9.89. The van der Waals surface area contributed by atoms with Gasteiger partial charge in [0.15, 0.2) is 11.5 Å². The summed E-state index contributed by atoms with van der Waals surface area (Å²) in [5, 5.41) is 3.25. The molecule has 0 aliphatic heterocycles. The van der Waals surface area contributed by atoms with Crippen molar-refractivity contribution in [2.75, 3.05) is 17.6 Å². The number of hydrogen-bond donors (Lipinski definition) is 2. The van der Waals surface area contributed by atoms with Crippen molar-refractivity contribution in [2.45, 2.75) is 72.8 Å². The van der Waals surface area contributed by atoms with Crippen LogP contribution in [-0.2, 0) is 6.54 Å². The molecule has 0 aromatic carbocycles. The maximum absolute atomic E-state index is 6.03. The molecule has 6 nitrogen and oxygen atoms in total. The smallest absolute Gasteiger partial charge is 0.226 e. The Morgan fingerprint density at radius 2 is 1.92 bits per heavy atom. The molecule has 0 amide bonds. The van der Waals surface area contributed by atoms with Crippen LogP contribution in [0, 0.1) is 5.41 Å². The zero-order valence-corrected chi connectivity index (χ0v) is 15.6. The summed E-state index contributed by atoms with van der Waals surface area (Å²) < 4.78 is 2.09. The lowest BCUT2D eigenvalue weighted by Crippen LogP contribution is -2.08. The lowest BCUT2D eigenvalue weighted by molar-refractivity contribution is 0.356. The molecule has 0 aliphatic rings. The first-order valence-electron chi connectivity index (χ1n) is 9.13. The van der Waals surface area contributed by atoms with Gasteiger partial charge in [-0.25, -0.2) is 4.98 Å². The predicted molar refractivity (Wildman–Crippen MR) is 101 cm³/mol. The largest absolute Gasteiger partial charge is 0.382 e. The predicted octanol–water partition coefficient (Wildman–Crippen LogP) is 4.23. The molecule has 2 aromatic heterocycles. The second-order valence-corrected chi connectivity index (χ2v) is 7.69. The van der Waals surface area contributed by atoms with Crippen LogP contribution < -0.4 is 11.1 Å². The Bertz CT molecular complexity index is 641. The van der Waals surface area contributed by atoms with Crippen molar-refractivity contribution in [1.82, 2.24) is 19.5 Å². The van der Waals surface area contributed by atoms with E-state index in [1.165, 1.54) is 19.3 Å². The SMILES string of the molecule is CCCCNc1nc(N)c2ncn(CCCCCC(C)(C)C)c2n1. The minimum atomic E-state index is 0.419. The first kappa shape index (κ1) is 18.5. The minimum absolute atomic E-state index is 0.419. The van der Waals surface area contributed by atoms with Crippen molar-refractivity contribution in [3.8, 4) is 0 Å². The summed E-state index contributed by atoms with van der Waals surface area (Å²) in [5.41, 5.74) is 7.98. The van der Waals surface area contributed by atoms with Crippen molar-refractivity contribution in [1.29, 1.82) is 0 Å². The fourth-order valence-electron chi connectivity index (χ4n) is 2.70. The van der Waals surface area contributed by atoms with E-state index in [1.807, 2.05) is 6.33 Å². The van der Waals surface area contributed by atoms with Crippen LogP contribution in [0.5, 0.6) is 0 Å². The molecular weight excluding hydrogens is 300 g/mol. The van der Waals surface area contributed by atoms with E-state index < -0.39 is 0 Å². The third-order valence-electron chi connectivity index (χ3n) is 4.13. The van der Waals surface area contributed by atoms with Gasteiger partial charge in [0.2, 0.25) is 5.95 Å². The van der Waals surface area contributed by atoms with E-state index >= 15 is 0 Å². The maximum Gasteiger partial charge on any atom is 0.226 e. The molecule has 134 valence electrons. The quantitative estimate of drug-likeness (QED) is 0.672.